The molecule has 0 aliphatic heterocycles. The molecular formula is C27H24Br3O4+. The average Bonchev–Trinajstić information content (AvgIpc) is 3.49. The van der Waals surface area contributed by atoms with Crippen molar-refractivity contribution in [2.45, 2.75) is 20.0 Å². The van der Waals surface area contributed by atoms with Gasteiger partial charge in [0, 0.05) is 27.0 Å². The van der Waals surface area contributed by atoms with Gasteiger partial charge in [0.05, 0.1) is 24.5 Å². The average molecular weight is 652 g/mol. The molecule has 0 fully saturated rings. The van der Waals surface area contributed by atoms with E-state index in [1.54, 1.807) is 12.5 Å². The molecular weight excluding hydrogens is 628 g/mol. The number of furan rings is 2. The monoisotopic (exact) mass is 649 g/mol. The number of rotatable bonds is 5. The van der Waals surface area contributed by atoms with E-state index in [2.05, 4.69) is 53.9 Å². The van der Waals surface area contributed by atoms with E-state index in [1.807, 2.05) is 80.6 Å². The van der Waals surface area contributed by atoms with Gasteiger partial charge in [-0.15, -0.1) is 0 Å². The Balaban J connectivity index is 0.000000145. The number of benzene rings is 2. The van der Waals surface area contributed by atoms with Crippen LogP contribution >= 0.6 is 47.8 Å². The molecule has 0 saturated heterocycles. The summed E-state index contributed by atoms with van der Waals surface area (Å²) in [5, 5.41) is 2.21. The lowest BCUT2D eigenvalue weighted by Crippen LogP contribution is -2.21. The summed E-state index contributed by atoms with van der Waals surface area (Å²) in [6, 6.07) is 17.6. The first-order chi connectivity index (χ1) is 16.5. The van der Waals surface area contributed by atoms with E-state index in [4.69, 9.17) is 18.3 Å². The summed E-state index contributed by atoms with van der Waals surface area (Å²) < 4.78 is 24.3. The Morgan fingerprint density at radius 2 is 1.74 bits per heavy atom. The molecule has 1 aliphatic carbocycles. The molecule has 0 N–H and O–H groups in total. The van der Waals surface area contributed by atoms with E-state index in [0.29, 0.717) is 6.61 Å². The Morgan fingerprint density at radius 3 is 2.50 bits per heavy atom. The van der Waals surface area contributed by atoms with E-state index in [9.17, 15) is 0 Å². The summed E-state index contributed by atoms with van der Waals surface area (Å²) in [5.41, 5.74) is 1.73. The van der Waals surface area contributed by atoms with Gasteiger partial charge in [0.15, 0.2) is 0 Å². The maximum absolute atomic E-state index is 5.55. The normalized spacial score (nSPS) is 12.3. The predicted octanol–water partition coefficient (Wildman–Crippen LogP) is 7.46. The SMILES string of the molecule is BrC1=c2ccoc2=[C+]C=C1.Brc1ccc2ccoc2c1.CCOC(C)COc1cccc(Br)c1. The van der Waals surface area contributed by atoms with Gasteiger partial charge in [-0.1, -0.05) is 44.0 Å². The molecule has 0 spiro atoms. The lowest BCUT2D eigenvalue weighted by molar-refractivity contribution is 0.0402. The van der Waals surface area contributed by atoms with Gasteiger partial charge in [-0.05, 0) is 66.2 Å². The van der Waals surface area contributed by atoms with Crippen LogP contribution in [0.2, 0.25) is 0 Å². The van der Waals surface area contributed by atoms with Gasteiger partial charge in [-0.25, -0.2) is 0 Å². The van der Waals surface area contributed by atoms with Crippen LogP contribution in [0.4, 0.5) is 0 Å². The number of allylic oxidation sites excluding steroid dienone is 2. The van der Waals surface area contributed by atoms with Gasteiger partial charge >= 0.3 is 5.42 Å². The van der Waals surface area contributed by atoms with Gasteiger partial charge in [0.25, 0.3) is 0 Å². The molecule has 1 unspecified atom stereocenters. The fourth-order valence-corrected chi connectivity index (χ4v) is 4.08. The second-order valence-electron chi connectivity index (χ2n) is 7.13. The van der Waals surface area contributed by atoms with Crippen molar-refractivity contribution < 1.29 is 18.3 Å². The van der Waals surface area contributed by atoms with Gasteiger partial charge in [0.1, 0.15) is 40.0 Å². The molecule has 0 amide bonds. The van der Waals surface area contributed by atoms with E-state index >= 15 is 0 Å². The molecule has 2 aromatic heterocycles. The maximum atomic E-state index is 5.55. The van der Waals surface area contributed by atoms with E-state index in [-0.39, 0.29) is 6.10 Å². The Labute approximate surface area is 224 Å². The molecule has 34 heavy (non-hydrogen) atoms. The summed E-state index contributed by atoms with van der Waals surface area (Å²) in [5.74, 6) is 0.867. The summed E-state index contributed by atoms with van der Waals surface area (Å²) in [6.45, 7) is 5.30. The van der Waals surface area contributed by atoms with Crippen LogP contribution in [0, 0.1) is 0 Å². The van der Waals surface area contributed by atoms with Crippen LogP contribution in [0.15, 0.2) is 97.1 Å². The van der Waals surface area contributed by atoms with Crippen molar-refractivity contribution in [1.29, 1.82) is 0 Å². The molecule has 0 saturated carbocycles. The number of hydrogen-bond acceptors (Lipinski definition) is 4. The largest absolute Gasteiger partial charge is 0.491 e. The standard InChI is InChI=1S/C11H15BrO2.C8H5BrO.C8H4BrO/c1-3-13-9(2)8-14-11-6-4-5-10(12)7-11;9-7-2-1-6-3-4-10-8(6)5-7;9-7-2-1-3-8-6(7)4-5-10-8/h4-7,9H,3,8H2,1-2H3;1-5H;1-2,4-5H/q;;+1. The lowest BCUT2D eigenvalue weighted by Gasteiger charge is -2.12. The van der Waals surface area contributed by atoms with Crippen molar-refractivity contribution in [2.75, 3.05) is 13.2 Å². The zero-order valence-corrected chi connectivity index (χ0v) is 23.5. The minimum Gasteiger partial charge on any atom is -0.491 e. The third-order valence-corrected chi connectivity index (χ3v) is 6.19. The van der Waals surface area contributed by atoms with Crippen LogP contribution in [0.1, 0.15) is 13.8 Å². The summed E-state index contributed by atoms with van der Waals surface area (Å²) >= 11 is 10.1. The van der Waals surface area contributed by atoms with Crippen LogP contribution in [0.3, 0.4) is 0 Å². The quantitative estimate of drug-likeness (QED) is 0.210. The molecule has 0 radical (unpaired) electrons. The zero-order valence-electron chi connectivity index (χ0n) is 18.8. The number of fused-ring (bicyclic) bond motifs is 2. The highest BCUT2D eigenvalue weighted by molar-refractivity contribution is 9.15. The fraction of sp³-hybridized carbons (Fsp3) is 0.185. The molecule has 5 rings (SSSR count). The van der Waals surface area contributed by atoms with Crippen LogP contribution in [0.25, 0.3) is 21.5 Å². The molecule has 2 heterocycles. The zero-order chi connectivity index (χ0) is 24.3. The highest BCUT2D eigenvalue weighted by atomic mass is 79.9. The molecule has 1 atom stereocenters. The van der Waals surface area contributed by atoms with Crippen LogP contribution in [0.5, 0.6) is 5.75 Å². The Kier molecular flexibility index (Phi) is 10.6. The van der Waals surface area contributed by atoms with E-state index in [0.717, 1.165) is 47.4 Å². The third-order valence-electron chi connectivity index (χ3n) is 4.52. The highest BCUT2D eigenvalue weighted by Gasteiger charge is 2.07. The predicted molar refractivity (Wildman–Crippen MR) is 147 cm³/mol. The summed E-state index contributed by atoms with van der Waals surface area (Å²) in [4.78, 5) is 0. The number of ether oxygens (including phenoxy) is 2. The summed E-state index contributed by atoms with van der Waals surface area (Å²) in [7, 11) is 0. The fourth-order valence-electron chi connectivity index (χ4n) is 2.92. The van der Waals surface area contributed by atoms with E-state index in [1.165, 1.54) is 0 Å². The molecule has 1 aliphatic rings. The van der Waals surface area contributed by atoms with Crippen LogP contribution in [-0.4, -0.2) is 19.3 Å². The first kappa shape index (κ1) is 26.5. The van der Waals surface area contributed by atoms with Crippen molar-refractivity contribution in [3.63, 3.8) is 0 Å². The smallest absolute Gasteiger partial charge is 0.303 e. The molecule has 0 bridgehead atoms. The van der Waals surface area contributed by atoms with Crippen molar-refractivity contribution >= 4 is 69.3 Å². The first-order valence-corrected chi connectivity index (χ1v) is 13.0. The number of hydrogen-bond donors (Lipinski definition) is 0. The van der Waals surface area contributed by atoms with Gasteiger partial charge in [-0.3, -0.25) is 0 Å². The Hall–Kier alpha value is -2.15. The highest BCUT2D eigenvalue weighted by Crippen LogP contribution is 2.20. The second-order valence-corrected chi connectivity index (χ2v) is 9.81. The number of halogens is 3. The van der Waals surface area contributed by atoms with Crippen molar-refractivity contribution in [3.8, 4) is 5.75 Å². The molecule has 4 aromatic rings. The third kappa shape index (κ3) is 8.26. The van der Waals surface area contributed by atoms with Gasteiger partial charge in [0.2, 0.25) is 0 Å². The minimum atomic E-state index is 0.138. The first-order valence-electron chi connectivity index (χ1n) is 10.6. The minimum absolute atomic E-state index is 0.138. The van der Waals surface area contributed by atoms with Crippen LogP contribution in [-0.2, 0) is 4.74 Å². The summed E-state index contributed by atoms with van der Waals surface area (Å²) in [6.07, 6.45) is 10.2. The molecule has 4 nitrogen and oxygen atoms in total. The second kappa shape index (κ2) is 13.7. The van der Waals surface area contributed by atoms with Crippen molar-refractivity contribution in [1.82, 2.24) is 0 Å². The molecule has 176 valence electrons. The Bertz CT molecular complexity index is 1340. The van der Waals surface area contributed by atoms with E-state index < -0.39 is 0 Å². The van der Waals surface area contributed by atoms with Crippen LogP contribution < -0.4 is 15.4 Å². The maximum Gasteiger partial charge on any atom is 0.303 e. The van der Waals surface area contributed by atoms with Crippen molar-refractivity contribution in [2.24, 2.45) is 0 Å². The molecule has 2 aromatic carbocycles. The Morgan fingerprint density at radius 1 is 0.941 bits per heavy atom. The van der Waals surface area contributed by atoms with Crippen molar-refractivity contribution in [3.05, 3.63) is 98.9 Å². The lowest BCUT2D eigenvalue weighted by atomic mass is 10.3. The molecule has 7 heteroatoms. The van der Waals surface area contributed by atoms with Gasteiger partial charge < -0.3 is 18.3 Å². The van der Waals surface area contributed by atoms with Gasteiger partial charge in [-0.2, -0.15) is 0 Å². The topological polar surface area (TPSA) is 44.7 Å².